The number of carbonyl (C=O) groups is 1. The molecule has 2 heterocycles. The summed E-state index contributed by atoms with van der Waals surface area (Å²) in [6, 6.07) is 20.5. The van der Waals surface area contributed by atoms with Crippen LogP contribution in [-0.4, -0.2) is 28.9 Å². The summed E-state index contributed by atoms with van der Waals surface area (Å²) in [4.78, 5) is 16.9. The van der Waals surface area contributed by atoms with Crippen LogP contribution in [0.3, 0.4) is 0 Å². The van der Waals surface area contributed by atoms with E-state index in [1.54, 1.807) is 19.2 Å². The van der Waals surface area contributed by atoms with Gasteiger partial charge < -0.3 is 13.9 Å². The Morgan fingerprint density at radius 3 is 2.76 bits per heavy atom. The second-order valence-corrected chi connectivity index (χ2v) is 8.92. The molecule has 7 nitrogen and oxygen atoms in total. The minimum absolute atomic E-state index is 0.236. The zero-order valence-electron chi connectivity index (χ0n) is 18.4. The van der Waals surface area contributed by atoms with Gasteiger partial charge in [0.05, 0.1) is 7.11 Å². The van der Waals surface area contributed by atoms with E-state index < -0.39 is 6.23 Å². The third kappa shape index (κ3) is 4.47. The molecule has 0 fully saturated rings. The van der Waals surface area contributed by atoms with Crippen molar-refractivity contribution in [2.45, 2.75) is 24.1 Å². The second kappa shape index (κ2) is 9.40. The fourth-order valence-electron chi connectivity index (χ4n) is 3.64. The van der Waals surface area contributed by atoms with Crippen molar-refractivity contribution in [3.05, 3.63) is 88.4 Å². The third-order valence-electron chi connectivity index (χ3n) is 5.25. The molecule has 34 heavy (non-hydrogen) atoms. The lowest BCUT2D eigenvalue weighted by atomic mass is 10.1. The number of carbonyl (C=O) groups excluding carboxylic acids is 1. The maximum absolute atomic E-state index is 12.3. The molecule has 3 aromatic carbocycles. The molecule has 1 aliphatic heterocycles. The fraction of sp³-hybridized carbons (Fsp3) is 0.160. The summed E-state index contributed by atoms with van der Waals surface area (Å²) in [6.45, 7) is 1.45. The van der Waals surface area contributed by atoms with Gasteiger partial charge in [0.1, 0.15) is 11.3 Å². The molecule has 1 amide bonds. The van der Waals surface area contributed by atoms with Crippen molar-refractivity contribution in [3.8, 4) is 5.75 Å². The van der Waals surface area contributed by atoms with E-state index in [1.165, 1.54) is 23.7 Å². The molecule has 0 radical (unpaired) electrons. The molecule has 0 N–H and O–H groups in total. The Morgan fingerprint density at radius 2 is 2.00 bits per heavy atom. The van der Waals surface area contributed by atoms with Gasteiger partial charge in [-0.2, -0.15) is 5.01 Å². The molecule has 0 saturated carbocycles. The summed E-state index contributed by atoms with van der Waals surface area (Å²) in [5.41, 5.74) is 3.93. The van der Waals surface area contributed by atoms with Crippen LogP contribution in [0.1, 0.15) is 29.8 Å². The Hall–Kier alpha value is -3.49. The molecule has 1 aromatic heterocycles. The summed E-state index contributed by atoms with van der Waals surface area (Å²) in [5.74, 6) is 1.37. The van der Waals surface area contributed by atoms with E-state index in [9.17, 15) is 4.79 Å². The van der Waals surface area contributed by atoms with E-state index in [2.05, 4.69) is 10.1 Å². The standard InChI is InChI=1S/C25H20ClN3O4S/c1-15(30)29-24(33-23(28-29)16-6-5-7-19(26)13-16)17-10-11-21(31-2)18(12-17)14-34-25-27-20-8-3-4-9-22(20)32-25/h3-13,24H,14H2,1-2H3. The Morgan fingerprint density at radius 1 is 1.15 bits per heavy atom. The minimum Gasteiger partial charge on any atom is -0.496 e. The number of amides is 1. The summed E-state index contributed by atoms with van der Waals surface area (Å²) >= 11 is 7.58. The molecule has 0 saturated heterocycles. The summed E-state index contributed by atoms with van der Waals surface area (Å²) in [6.07, 6.45) is -0.703. The lowest BCUT2D eigenvalue weighted by Gasteiger charge is -2.20. The Balaban J connectivity index is 1.41. The van der Waals surface area contributed by atoms with Gasteiger partial charge in [-0.05, 0) is 48.5 Å². The van der Waals surface area contributed by atoms with Gasteiger partial charge in [0.25, 0.3) is 5.22 Å². The number of ether oxygens (including phenoxy) is 2. The van der Waals surface area contributed by atoms with Crippen LogP contribution in [0.5, 0.6) is 5.75 Å². The van der Waals surface area contributed by atoms with Gasteiger partial charge in [0.2, 0.25) is 18.0 Å². The zero-order valence-corrected chi connectivity index (χ0v) is 20.0. The zero-order chi connectivity index (χ0) is 23.7. The van der Waals surface area contributed by atoms with Crippen LogP contribution in [0.2, 0.25) is 5.02 Å². The number of para-hydroxylation sites is 2. The van der Waals surface area contributed by atoms with E-state index in [4.69, 9.17) is 25.5 Å². The highest BCUT2D eigenvalue weighted by Crippen LogP contribution is 2.35. The van der Waals surface area contributed by atoms with Crippen LogP contribution in [0, 0.1) is 0 Å². The van der Waals surface area contributed by atoms with Gasteiger partial charge in [-0.15, -0.1) is 5.10 Å². The van der Waals surface area contributed by atoms with Crippen molar-refractivity contribution in [1.82, 2.24) is 9.99 Å². The van der Waals surface area contributed by atoms with Gasteiger partial charge in [0, 0.05) is 34.4 Å². The molecule has 9 heteroatoms. The molecule has 5 rings (SSSR count). The predicted octanol–water partition coefficient (Wildman–Crippen LogP) is 6.02. The average molecular weight is 494 g/mol. The molecule has 0 aliphatic carbocycles. The van der Waals surface area contributed by atoms with Gasteiger partial charge in [0.15, 0.2) is 5.58 Å². The van der Waals surface area contributed by atoms with Crippen molar-refractivity contribution in [1.29, 1.82) is 0 Å². The van der Waals surface area contributed by atoms with Gasteiger partial charge in [-0.3, -0.25) is 4.79 Å². The normalized spacial score (nSPS) is 15.3. The van der Waals surface area contributed by atoms with Gasteiger partial charge in [-0.25, -0.2) is 4.98 Å². The number of halogens is 1. The SMILES string of the molecule is COc1ccc(C2OC(c3cccc(Cl)c3)=NN2C(C)=O)cc1CSc1nc2ccccc2o1. The van der Waals surface area contributed by atoms with E-state index in [0.717, 1.165) is 28.0 Å². The summed E-state index contributed by atoms with van der Waals surface area (Å²) in [5, 5.41) is 6.87. The van der Waals surface area contributed by atoms with Crippen molar-refractivity contribution in [2.75, 3.05) is 7.11 Å². The predicted molar refractivity (Wildman–Crippen MR) is 131 cm³/mol. The quantitative estimate of drug-likeness (QED) is 0.305. The molecule has 4 aromatic rings. The molecule has 0 bridgehead atoms. The fourth-order valence-corrected chi connectivity index (χ4v) is 4.65. The van der Waals surface area contributed by atoms with Crippen molar-refractivity contribution >= 4 is 46.3 Å². The maximum atomic E-state index is 12.3. The summed E-state index contributed by atoms with van der Waals surface area (Å²) < 4.78 is 17.5. The number of hydrogen-bond donors (Lipinski definition) is 0. The largest absolute Gasteiger partial charge is 0.496 e. The Kier molecular flexibility index (Phi) is 6.17. The van der Waals surface area contributed by atoms with E-state index in [1.807, 2.05) is 54.6 Å². The number of hydrogen-bond acceptors (Lipinski definition) is 7. The number of hydrazone groups is 1. The maximum Gasteiger partial charge on any atom is 0.257 e. The van der Waals surface area contributed by atoms with Crippen LogP contribution >= 0.6 is 23.4 Å². The molecule has 1 unspecified atom stereocenters. The smallest absolute Gasteiger partial charge is 0.257 e. The summed E-state index contributed by atoms with van der Waals surface area (Å²) in [7, 11) is 1.62. The molecular weight excluding hydrogens is 474 g/mol. The number of methoxy groups -OCH3 is 1. The highest BCUT2D eigenvalue weighted by molar-refractivity contribution is 7.98. The first-order valence-electron chi connectivity index (χ1n) is 10.5. The number of fused-ring (bicyclic) bond motifs is 1. The Bertz CT molecular complexity index is 1370. The van der Waals surface area contributed by atoms with E-state index in [0.29, 0.717) is 27.5 Å². The first-order chi connectivity index (χ1) is 16.5. The first-order valence-corrected chi connectivity index (χ1v) is 11.8. The van der Waals surface area contributed by atoms with Crippen LogP contribution in [-0.2, 0) is 15.3 Å². The van der Waals surface area contributed by atoms with E-state index >= 15 is 0 Å². The van der Waals surface area contributed by atoms with Crippen LogP contribution < -0.4 is 4.74 Å². The number of thioether (sulfide) groups is 1. The molecule has 0 spiro atoms. The van der Waals surface area contributed by atoms with E-state index in [-0.39, 0.29) is 5.91 Å². The average Bonchev–Trinajstić information content (AvgIpc) is 3.47. The van der Waals surface area contributed by atoms with Crippen molar-refractivity contribution in [3.63, 3.8) is 0 Å². The van der Waals surface area contributed by atoms with Gasteiger partial charge in [-0.1, -0.05) is 41.6 Å². The number of aromatic nitrogens is 1. The minimum atomic E-state index is -0.703. The lowest BCUT2D eigenvalue weighted by Crippen LogP contribution is -2.25. The van der Waals surface area contributed by atoms with Crippen LogP contribution in [0.25, 0.3) is 11.1 Å². The first kappa shape index (κ1) is 22.3. The van der Waals surface area contributed by atoms with Gasteiger partial charge >= 0.3 is 0 Å². The number of benzene rings is 3. The number of nitrogens with zero attached hydrogens (tertiary/aromatic N) is 3. The number of oxazole rings is 1. The molecule has 1 atom stereocenters. The lowest BCUT2D eigenvalue weighted by molar-refractivity contribution is -0.135. The van der Waals surface area contributed by atoms with Crippen LogP contribution in [0.15, 0.2) is 81.5 Å². The number of rotatable bonds is 6. The topological polar surface area (TPSA) is 77.2 Å². The second-order valence-electron chi connectivity index (χ2n) is 7.56. The third-order valence-corrected chi connectivity index (χ3v) is 6.37. The van der Waals surface area contributed by atoms with Crippen molar-refractivity contribution < 1.29 is 18.7 Å². The molecular formula is C25H20ClN3O4S. The highest BCUT2D eigenvalue weighted by atomic mass is 35.5. The molecule has 1 aliphatic rings. The van der Waals surface area contributed by atoms with Crippen LogP contribution in [0.4, 0.5) is 0 Å². The monoisotopic (exact) mass is 493 g/mol. The Labute approximate surface area is 205 Å². The highest BCUT2D eigenvalue weighted by Gasteiger charge is 2.33. The molecule has 172 valence electrons. The van der Waals surface area contributed by atoms with Crippen molar-refractivity contribution in [2.24, 2.45) is 5.10 Å².